The van der Waals surface area contributed by atoms with Gasteiger partial charge in [0.15, 0.2) is 0 Å². The third-order valence-corrected chi connectivity index (χ3v) is 2.21. The van der Waals surface area contributed by atoms with Crippen molar-refractivity contribution < 1.29 is 0 Å². The van der Waals surface area contributed by atoms with Crippen molar-refractivity contribution in [1.82, 2.24) is 4.98 Å². The zero-order valence-corrected chi connectivity index (χ0v) is 7.81. The fourth-order valence-electron chi connectivity index (χ4n) is 1.15. The Balaban J connectivity index is 2.60. The molecule has 0 saturated carbocycles. The van der Waals surface area contributed by atoms with Crippen molar-refractivity contribution in [2.24, 2.45) is 0 Å². The highest BCUT2D eigenvalue weighted by molar-refractivity contribution is 9.11. The minimum absolute atomic E-state index is 0.0750. The Morgan fingerprint density at radius 1 is 1.42 bits per heavy atom. The zero-order chi connectivity index (χ0) is 8.55. The maximum absolute atomic E-state index is 10.9. The first kappa shape index (κ1) is 7.61. The summed E-state index contributed by atoms with van der Waals surface area (Å²) in [7, 11) is 0. The van der Waals surface area contributed by atoms with Crippen LogP contribution in [-0.2, 0) is 0 Å². The Morgan fingerprint density at radius 3 is 3.08 bits per heavy atom. The topological polar surface area (TPSA) is 44.9 Å². The monoisotopic (exact) mass is 226 g/mol. The maximum Gasteiger partial charge on any atom is 0.248 e. The number of hydrogen-bond donors (Lipinski definition) is 2. The standard InChI is InChI=1S/C8H7BrN2O/c9-5-3-7-6(10-4-5)1-2-8(12)11-7/h1-3,10H,4H2,(H,11,12). The van der Waals surface area contributed by atoms with Gasteiger partial charge in [0.05, 0.1) is 11.4 Å². The number of halogens is 1. The Kier molecular flexibility index (Phi) is 1.77. The van der Waals surface area contributed by atoms with Crippen LogP contribution in [0.25, 0.3) is 6.08 Å². The highest BCUT2D eigenvalue weighted by atomic mass is 79.9. The number of pyridine rings is 1. The maximum atomic E-state index is 10.9. The van der Waals surface area contributed by atoms with E-state index in [-0.39, 0.29) is 5.56 Å². The van der Waals surface area contributed by atoms with Crippen molar-refractivity contribution in [2.45, 2.75) is 0 Å². The van der Waals surface area contributed by atoms with Crippen molar-refractivity contribution in [2.75, 3.05) is 11.9 Å². The van der Waals surface area contributed by atoms with Crippen LogP contribution in [-0.4, -0.2) is 11.5 Å². The van der Waals surface area contributed by atoms with Crippen molar-refractivity contribution >= 4 is 27.7 Å². The minimum atomic E-state index is -0.0750. The molecule has 0 radical (unpaired) electrons. The Labute approximate surface area is 77.6 Å². The lowest BCUT2D eigenvalue weighted by atomic mass is 10.2. The molecule has 1 aromatic heterocycles. The molecule has 1 aromatic rings. The molecule has 0 saturated heterocycles. The van der Waals surface area contributed by atoms with Gasteiger partial charge in [-0.2, -0.15) is 0 Å². The van der Waals surface area contributed by atoms with Crippen LogP contribution in [0, 0.1) is 0 Å². The van der Waals surface area contributed by atoms with Gasteiger partial charge in [0.25, 0.3) is 0 Å². The number of anilines is 1. The second-order valence-corrected chi connectivity index (χ2v) is 3.61. The molecule has 62 valence electrons. The van der Waals surface area contributed by atoms with E-state index in [4.69, 9.17) is 0 Å². The van der Waals surface area contributed by atoms with Crippen LogP contribution < -0.4 is 10.9 Å². The van der Waals surface area contributed by atoms with E-state index in [9.17, 15) is 4.79 Å². The van der Waals surface area contributed by atoms with Gasteiger partial charge in [0.1, 0.15) is 0 Å². The molecule has 0 bridgehead atoms. The number of aromatic nitrogens is 1. The summed E-state index contributed by atoms with van der Waals surface area (Å²) in [5.41, 5.74) is 1.73. The van der Waals surface area contributed by atoms with E-state index in [0.29, 0.717) is 0 Å². The van der Waals surface area contributed by atoms with Crippen LogP contribution in [0.2, 0.25) is 0 Å². The Morgan fingerprint density at radius 2 is 2.25 bits per heavy atom. The molecule has 0 spiro atoms. The van der Waals surface area contributed by atoms with Gasteiger partial charge in [0, 0.05) is 17.1 Å². The molecule has 12 heavy (non-hydrogen) atoms. The second-order valence-electron chi connectivity index (χ2n) is 2.59. The Hall–Kier alpha value is -1.03. The molecule has 4 heteroatoms. The van der Waals surface area contributed by atoms with Gasteiger partial charge in [0.2, 0.25) is 5.56 Å². The third kappa shape index (κ3) is 1.30. The van der Waals surface area contributed by atoms with Gasteiger partial charge in [-0.1, -0.05) is 15.9 Å². The van der Waals surface area contributed by atoms with Gasteiger partial charge < -0.3 is 10.3 Å². The van der Waals surface area contributed by atoms with Crippen molar-refractivity contribution in [3.63, 3.8) is 0 Å². The average Bonchev–Trinajstić information content (AvgIpc) is 2.03. The normalized spacial score (nSPS) is 14.6. The van der Waals surface area contributed by atoms with E-state index in [0.717, 1.165) is 22.4 Å². The van der Waals surface area contributed by atoms with Gasteiger partial charge >= 0.3 is 0 Å². The number of H-pyrrole nitrogens is 1. The molecule has 2 N–H and O–H groups in total. The largest absolute Gasteiger partial charge is 0.379 e. The zero-order valence-electron chi connectivity index (χ0n) is 6.23. The lowest BCUT2D eigenvalue weighted by Gasteiger charge is -2.13. The van der Waals surface area contributed by atoms with Gasteiger partial charge in [-0.15, -0.1) is 0 Å². The lowest BCUT2D eigenvalue weighted by Crippen LogP contribution is -2.13. The molecular formula is C8H7BrN2O. The quantitative estimate of drug-likeness (QED) is 0.705. The number of rotatable bonds is 0. The Bertz CT molecular complexity index is 394. The summed E-state index contributed by atoms with van der Waals surface area (Å²) in [4.78, 5) is 13.7. The summed E-state index contributed by atoms with van der Waals surface area (Å²) in [5, 5.41) is 3.15. The first-order chi connectivity index (χ1) is 5.75. The summed E-state index contributed by atoms with van der Waals surface area (Å²) in [6.07, 6.45) is 1.91. The van der Waals surface area contributed by atoms with E-state index in [1.807, 2.05) is 6.08 Å². The predicted molar refractivity (Wildman–Crippen MR) is 52.5 cm³/mol. The first-order valence-corrected chi connectivity index (χ1v) is 4.38. The molecule has 0 aromatic carbocycles. The number of fused-ring (bicyclic) bond motifs is 1. The van der Waals surface area contributed by atoms with Gasteiger partial charge in [-0.05, 0) is 12.1 Å². The van der Waals surface area contributed by atoms with Crippen LogP contribution in [0.5, 0.6) is 0 Å². The first-order valence-electron chi connectivity index (χ1n) is 3.59. The fraction of sp³-hybridized carbons (Fsp3) is 0.125. The molecule has 2 rings (SSSR count). The molecule has 0 unspecified atom stereocenters. The van der Waals surface area contributed by atoms with Crippen LogP contribution in [0.1, 0.15) is 5.69 Å². The van der Waals surface area contributed by atoms with Crippen molar-refractivity contribution in [1.29, 1.82) is 0 Å². The van der Waals surface area contributed by atoms with E-state index in [2.05, 4.69) is 26.2 Å². The highest BCUT2D eigenvalue weighted by Crippen LogP contribution is 2.22. The van der Waals surface area contributed by atoms with Crippen LogP contribution in [0.4, 0.5) is 5.69 Å². The molecular weight excluding hydrogens is 220 g/mol. The van der Waals surface area contributed by atoms with E-state index >= 15 is 0 Å². The molecule has 0 aliphatic carbocycles. The second kappa shape index (κ2) is 2.79. The number of aromatic amines is 1. The van der Waals surface area contributed by atoms with Gasteiger partial charge in [-0.25, -0.2) is 0 Å². The summed E-state index contributed by atoms with van der Waals surface area (Å²) in [6.45, 7) is 0.777. The molecule has 3 nitrogen and oxygen atoms in total. The average molecular weight is 227 g/mol. The van der Waals surface area contributed by atoms with Crippen molar-refractivity contribution in [3.05, 3.63) is 32.7 Å². The SMILES string of the molecule is O=c1ccc2c([nH]1)C=C(Br)CN2. The summed E-state index contributed by atoms with van der Waals surface area (Å²) < 4.78 is 1.04. The van der Waals surface area contributed by atoms with Crippen LogP contribution in [0.3, 0.4) is 0 Å². The molecule has 2 heterocycles. The van der Waals surface area contributed by atoms with Crippen molar-refractivity contribution in [3.8, 4) is 0 Å². The number of nitrogens with one attached hydrogen (secondary N) is 2. The predicted octanol–water partition coefficient (Wildman–Crippen LogP) is 1.54. The highest BCUT2D eigenvalue weighted by Gasteiger charge is 2.06. The van der Waals surface area contributed by atoms with Gasteiger partial charge in [-0.3, -0.25) is 4.79 Å². The lowest BCUT2D eigenvalue weighted by molar-refractivity contribution is 1.17. The molecule has 0 atom stereocenters. The summed E-state index contributed by atoms with van der Waals surface area (Å²) in [5.74, 6) is 0. The third-order valence-electron chi connectivity index (χ3n) is 1.70. The molecule has 0 amide bonds. The smallest absolute Gasteiger partial charge is 0.248 e. The van der Waals surface area contributed by atoms with E-state index < -0.39 is 0 Å². The summed E-state index contributed by atoms with van der Waals surface area (Å²) >= 11 is 3.36. The van der Waals surface area contributed by atoms with Crippen LogP contribution in [0.15, 0.2) is 21.4 Å². The molecule has 1 aliphatic heterocycles. The van der Waals surface area contributed by atoms with E-state index in [1.54, 1.807) is 6.07 Å². The van der Waals surface area contributed by atoms with Crippen LogP contribution >= 0.6 is 15.9 Å². The molecule has 0 fully saturated rings. The minimum Gasteiger partial charge on any atom is -0.379 e. The molecule has 1 aliphatic rings. The fourth-order valence-corrected chi connectivity index (χ4v) is 1.51. The van der Waals surface area contributed by atoms with E-state index in [1.165, 1.54) is 6.07 Å². The number of hydrogen-bond acceptors (Lipinski definition) is 2. The summed E-state index contributed by atoms with van der Waals surface area (Å²) in [6, 6.07) is 3.29.